The zero-order valence-electron chi connectivity index (χ0n) is 12.8. The molecule has 0 spiro atoms. The van der Waals surface area contributed by atoms with Gasteiger partial charge in [-0.3, -0.25) is 4.90 Å². The number of hydrogen-bond donors (Lipinski definition) is 1. The summed E-state index contributed by atoms with van der Waals surface area (Å²) in [6.07, 6.45) is 10.5. The first-order valence-corrected chi connectivity index (χ1v) is 8.47. The van der Waals surface area contributed by atoms with Crippen LogP contribution in [0.3, 0.4) is 0 Å². The largest absolute Gasteiger partial charge is 0.393 e. The van der Waals surface area contributed by atoms with Gasteiger partial charge in [0.05, 0.1) is 6.10 Å². The molecule has 0 radical (unpaired) electrons. The number of aliphatic hydroxyl groups excluding tert-OH is 1. The van der Waals surface area contributed by atoms with E-state index in [9.17, 15) is 5.11 Å². The molecule has 0 aromatic carbocycles. The molecule has 0 aromatic rings. The lowest BCUT2D eigenvalue weighted by atomic mass is 9.70. The van der Waals surface area contributed by atoms with E-state index in [1.165, 1.54) is 51.5 Å². The Morgan fingerprint density at radius 3 is 2.74 bits per heavy atom. The van der Waals surface area contributed by atoms with Gasteiger partial charge >= 0.3 is 0 Å². The monoisotopic (exact) mass is 265 g/mol. The summed E-state index contributed by atoms with van der Waals surface area (Å²) in [4.78, 5) is 2.74. The normalized spacial score (nSPS) is 43.1. The highest BCUT2D eigenvalue weighted by atomic mass is 16.3. The molecular weight excluding hydrogens is 234 g/mol. The molecule has 0 bridgehead atoms. The van der Waals surface area contributed by atoms with Crippen molar-refractivity contribution in [1.82, 2.24) is 4.90 Å². The molecule has 2 saturated carbocycles. The molecule has 4 unspecified atom stereocenters. The molecule has 2 heteroatoms. The number of nitrogens with zero attached hydrogens (tertiary/aromatic N) is 1. The molecule has 0 aromatic heterocycles. The van der Waals surface area contributed by atoms with E-state index in [0.717, 1.165) is 24.9 Å². The first kappa shape index (κ1) is 13.9. The van der Waals surface area contributed by atoms with Gasteiger partial charge in [0.1, 0.15) is 0 Å². The maximum absolute atomic E-state index is 10.3. The third kappa shape index (κ3) is 3.00. The van der Waals surface area contributed by atoms with E-state index < -0.39 is 0 Å². The van der Waals surface area contributed by atoms with Crippen molar-refractivity contribution in [2.75, 3.05) is 13.1 Å². The van der Waals surface area contributed by atoms with Crippen molar-refractivity contribution in [2.24, 2.45) is 17.3 Å². The van der Waals surface area contributed by atoms with Crippen LogP contribution in [0.1, 0.15) is 65.2 Å². The lowest BCUT2D eigenvalue weighted by Crippen LogP contribution is -2.44. The van der Waals surface area contributed by atoms with Crippen LogP contribution in [0, 0.1) is 17.3 Å². The fourth-order valence-electron chi connectivity index (χ4n) is 4.94. The molecule has 2 aliphatic carbocycles. The summed E-state index contributed by atoms with van der Waals surface area (Å²) in [7, 11) is 0. The van der Waals surface area contributed by atoms with E-state index in [1.807, 2.05) is 0 Å². The van der Waals surface area contributed by atoms with E-state index in [4.69, 9.17) is 0 Å². The minimum Gasteiger partial charge on any atom is -0.393 e. The van der Waals surface area contributed by atoms with Crippen LogP contribution in [0.25, 0.3) is 0 Å². The topological polar surface area (TPSA) is 23.5 Å². The zero-order chi connectivity index (χ0) is 13.5. The van der Waals surface area contributed by atoms with E-state index in [-0.39, 0.29) is 6.10 Å². The number of likely N-dealkylation sites (tertiary alicyclic amines) is 1. The molecule has 0 amide bonds. The molecule has 1 N–H and O–H groups in total. The van der Waals surface area contributed by atoms with Crippen LogP contribution in [0.15, 0.2) is 0 Å². The van der Waals surface area contributed by atoms with Gasteiger partial charge in [0.25, 0.3) is 0 Å². The van der Waals surface area contributed by atoms with E-state index in [0.29, 0.717) is 11.3 Å². The second-order valence-corrected chi connectivity index (χ2v) is 8.13. The second kappa shape index (κ2) is 5.37. The van der Waals surface area contributed by atoms with Crippen LogP contribution in [0.5, 0.6) is 0 Å². The van der Waals surface area contributed by atoms with Gasteiger partial charge in [-0.25, -0.2) is 0 Å². The number of rotatable bonds is 2. The maximum atomic E-state index is 10.3. The molecule has 1 aliphatic heterocycles. The average molecular weight is 265 g/mol. The van der Waals surface area contributed by atoms with E-state index >= 15 is 0 Å². The van der Waals surface area contributed by atoms with Crippen LogP contribution in [0.4, 0.5) is 0 Å². The van der Waals surface area contributed by atoms with Crippen molar-refractivity contribution < 1.29 is 5.11 Å². The first-order chi connectivity index (χ1) is 9.05. The molecule has 4 atom stereocenters. The van der Waals surface area contributed by atoms with Crippen molar-refractivity contribution in [1.29, 1.82) is 0 Å². The second-order valence-electron chi connectivity index (χ2n) is 8.13. The summed E-state index contributed by atoms with van der Waals surface area (Å²) in [6, 6.07) is 0.853. The average Bonchev–Trinajstić information content (AvgIpc) is 2.77. The Kier molecular flexibility index (Phi) is 3.92. The molecule has 110 valence electrons. The van der Waals surface area contributed by atoms with Crippen molar-refractivity contribution in [2.45, 2.75) is 77.4 Å². The summed E-state index contributed by atoms with van der Waals surface area (Å²) in [5.41, 5.74) is 0.440. The Bertz CT molecular complexity index is 314. The van der Waals surface area contributed by atoms with Crippen LogP contribution in [-0.4, -0.2) is 35.2 Å². The van der Waals surface area contributed by atoms with Gasteiger partial charge in [0, 0.05) is 12.6 Å². The minimum atomic E-state index is -0.0457. The Labute approximate surface area is 118 Å². The fraction of sp³-hybridized carbons (Fsp3) is 1.00. The highest BCUT2D eigenvalue weighted by Crippen LogP contribution is 2.41. The summed E-state index contributed by atoms with van der Waals surface area (Å²) >= 11 is 0. The molecular formula is C17H31NO. The van der Waals surface area contributed by atoms with Crippen LogP contribution in [-0.2, 0) is 0 Å². The first-order valence-electron chi connectivity index (χ1n) is 8.47. The van der Waals surface area contributed by atoms with Gasteiger partial charge in [0.15, 0.2) is 0 Å². The van der Waals surface area contributed by atoms with Gasteiger partial charge in [-0.15, -0.1) is 0 Å². The highest BCUT2D eigenvalue weighted by Gasteiger charge is 2.40. The number of fused-ring (bicyclic) bond motifs is 1. The molecule has 1 heterocycles. The van der Waals surface area contributed by atoms with Crippen LogP contribution >= 0.6 is 0 Å². The Morgan fingerprint density at radius 2 is 1.89 bits per heavy atom. The van der Waals surface area contributed by atoms with Gasteiger partial charge in [-0.1, -0.05) is 26.7 Å². The SMILES string of the molecule is CC1(C)CCC(O)C(CN2CCC3CCCCC32)C1. The summed E-state index contributed by atoms with van der Waals surface area (Å²) in [5, 5.41) is 10.3. The van der Waals surface area contributed by atoms with E-state index in [1.54, 1.807) is 0 Å². The molecule has 3 rings (SSSR count). The fourth-order valence-corrected chi connectivity index (χ4v) is 4.94. The smallest absolute Gasteiger partial charge is 0.0581 e. The molecule has 1 saturated heterocycles. The summed E-state index contributed by atoms with van der Waals surface area (Å²) in [6.45, 7) is 7.20. The molecule has 3 fully saturated rings. The van der Waals surface area contributed by atoms with Gasteiger partial charge in [-0.2, -0.15) is 0 Å². The van der Waals surface area contributed by atoms with Crippen molar-refractivity contribution in [3.05, 3.63) is 0 Å². The third-order valence-electron chi connectivity index (χ3n) is 6.07. The maximum Gasteiger partial charge on any atom is 0.0581 e. The van der Waals surface area contributed by atoms with Crippen molar-refractivity contribution in [3.8, 4) is 0 Å². The van der Waals surface area contributed by atoms with Crippen LogP contribution in [0.2, 0.25) is 0 Å². The number of hydrogen-bond acceptors (Lipinski definition) is 2. The Hall–Kier alpha value is -0.0800. The molecule has 3 aliphatic rings. The lowest BCUT2D eigenvalue weighted by molar-refractivity contribution is -0.000874. The zero-order valence-corrected chi connectivity index (χ0v) is 12.8. The highest BCUT2D eigenvalue weighted by molar-refractivity contribution is 4.93. The van der Waals surface area contributed by atoms with Gasteiger partial charge in [0.2, 0.25) is 0 Å². The Balaban J connectivity index is 1.61. The molecule has 19 heavy (non-hydrogen) atoms. The van der Waals surface area contributed by atoms with Crippen LogP contribution < -0.4 is 0 Å². The van der Waals surface area contributed by atoms with E-state index in [2.05, 4.69) is 18.7 Å². The third-order valence-corrected chi connectivity index (χ3v) is 6.07. The summed E-state index contributed by atoms with van der Waals surface area (Å²) in [5.74, 6) is 1.49. The summed E-state index contributed by atoms with van der Waals surface area (Å²) < 4.78 is 0. The molecule has 2 nitrogen and oxygen atoms in total. The predicted molar refractivity (Wildman–Crippen MR) is 79.1 cm³/mol. The quantitative estimate of drug-likeness (QED) is 0.827. The predicted octanol–water partition coefficient (Wildman–Crippen LogP) is 3.44. The minimum absolute atomic E-state index is 0.0457. The number of aliphatic hydroxyl groups is 1. The van der Waals surface area contributed by atoms with Gasteiger partial charge < -0.3 is 5.11 Å². The van der Waals surface area contributed by atoms with Gasteiger partial charge in [-0.05, 0) is 62.3 Å². The lowest BCUT2D eigenvalue weighted by Gasteiger charge is -2.42. The Morgan fingerprint density at radius 1 is 1.11 bits per heavy atom. The van der Waals surface area contributed by atoms with Crippen molar-refractivity contribution in [3.63, 3.8) is 0 Å². The standard InChI is InChI=1S/C17H31NO/c1-17(2)9-7-16(19)14(11-17)12-18-10-8-13-5-3-4-6-15(13)18/h13-16,19H,3-12H2,1-2H3. The van der Waals surface area contributed by atoms with Crippen molar-refractivity contribution >= 4 is 0 Å².